The van der Waals surface area contributed by atoms with E-state index in [0.29, 0.717) is 18.5 Å². The molecule has 5 nitrogen and oxygen atoms in total. The van der Waals surface area contributed by atoms with Crippen molar-refractivity contribution in [2.75, 3.05) is 35.2 Å². The molecule has 0 bridgehead atoms. The zero-order chi connectivity index (χ0) is 20.1. The van der Waals surface area contributed by atoms with Crippen LogP contribution in [0.25, 0.3) is 0 Å². The Hall–Kier alpha value is -2.74. The molecule has 0 atom stereocenters. The number of carbonyl (C=O) groups is 1. The van der Waals surface area contributed by atoms with Crippen molar-refractivity contribution in [2.24, 2.45) is 0 Å². The number of nitrogens with one attached hydrogen (secondary N) is 2. The second-order valence-corrected chi connectivity index (χ2v) is 6.71. The van der Waals surface area contributed by atoms with E-state index in [0.717, 1.165) is 36.6 Å². The highest BCUT2D eigenvalue weighted by molar-refractivity contribution is 5.94. The molecule has 1 aliphatic rings. The van der Waals surface area contributed by atoms with Crippen molar-refractivity contribution >= 4 is 23.0 Å². The summed E-state index contributed by atoms with van der Waals surface area (Å²) in [6.07, 6.45) is -3.28. The zero-order valence-electron chi connectivity index (χ0n) is 15.2. The van der Waals surface area contributed by atoms with Crippen molar-refractivity contribution in [3.63, 3.8) is 0 Å². The Bertz CT molecular complexity index is 801. The summed E-state index contributed by atoms with van der Waals surface area (Å²) in [5, 5.41) is 15.3. The lowest BCUT2D eigenvalue weighted by Crippen LogP contribution is -2.36. The number of aliphatic hydroxyl groups excluding tert-OH is 1. The molecule has 2 aromatic carbocycles. The molecule has 1 heterocycles. The maximum atomic E-state index is 12.6. The van der Waals surface area contributed by atoms with E-state index in [1.807, 2.05) is 24.3 Å². The van der Waals surface area contributed by atoms with Crippen LogP contribution in [0, 0.1) is 0 Å². The summed E-state index contributed by atoms with van der Waals surface area (Å²) in [5.74, 6) is -0.358. The van der Waals surface area contributed by atoms with Gasteiger partial charge in [-0.05, 0) is 49.2 Å². The Morgan fingerprint density at radius 3 is 2.36 bits per heavy atom. The summed E-state index contributed by atoms with van der Waals surface area (Å²) in [6.45, 7) is 1.45. The Kier molecular flexibility index (Phi) is 6.08. The molecule has 0 aromatic heterocycles. The molecule has 3 N–H and O–H groups in total. The minimum Gasteiger partial charge on any atom is -0.393 e. The quantitative estimate of drug-likeness (QED) is 0.725. The Morgan fingerprint density at radius 2 is 1.71 bits per heavy atom. The van der Waals surface area contributed by atoms with Crippen LogP contribution in [-0.4, -0.2) is 36.8 Å². The minimum atomic E-state index is -4.40. The fraction of sp³-hybridized carbons (Fsp3) is 0.350. The first-order chi connectivity index (χ1) is 13.3. The molecule has 3 rings (SSSR count). The van der Waals surface area contributed by atoms with E-state index in [9.17, 15) is 23.1 Å². The molecule has 0 spiro atoms. The number of amides is 1. The van der Waals surface area contributed by atoms with E-state index in [1.165, 1.54) is 12.1 Å². The maximum absolute atomic E-state index is 12.6. The highest BCUT2D eigenvalue weighted by Gasteiger charge is 2.30. The molecule has 0 unspecified atom stereocenters. The fourth-order valence-electron chi connectivity index (χ4n) is 3.13. The molecular formula is C20H22F3N3O2. The third-order valence-electron chi connectivity index (χ3n) is 4.64. The molecule has 1 fully saturated rings. The first-order valence-corrected chi connectivity index (χ1v) is 9.06. The van der Waals surface area contributed by atoms with Crippen molar-refractivity contribution in [2.45, 2.75) is 25.1 Å². The van der Waals surface area contributed by atoms with Crippen LogP contribution in [0.5, 0.6) is 0 Å². The van der Waals surface area contributed by atoms with E-state index in [4.69, 9.17) is 0 Å². The van der Waals surface area contributed by atoms with Gasteiger partial charge in [-0.2, -0.15) is 13.2 Å². The largest absolute Gasteiger partial charge is 0.416 e. The van der Waals surface area contributed by atoms with Crippen molar-refractivity contribution in [3.05, 3.63) is 54.1 Å². The number of nitrogens with zero attached hydrogens (tertiary/aromatic N) is 1. The Labute approximate surface area is 161 Å². The van der Waals surface area contributed by atoms with E-state index < -0.39 is 11.7 Å². The van der Waals surface area contributed by atoms with Gasteiger partial charge in [0.25, 0.3) is 0 Å². The third-order valence-corrected chi connectivity index (χ3v) is 4.64. The number of alkyl halides is 3. The highest BCUT2D eigenvalue weighted by atomic mass is 19.4. The van der Waals surface area contributed by atoms with Crippen molar-refractivity contribution in [3.8, 4) is 0 Å². The minimum absolute atomic E-state index is 0.0193. The molecule has 1 amide bonds. The van der Waals surface area contributed by atoms with Crippen molar-refractivity contribution < 1.29 is 23.1 Å². The predicted molar refractivity (Wildman–Crippen MR) is 102 cm³/mol. The predicted octanol–water partition coefficient (Wildman–Crippen LogP) is 3.72. The molecule has 0 radical (unpaired) electrons. The van der Waals surface area contributed by atoms with Crippen LogP contribution in [0.3, 0.4) is 0 Å². The van der Waals surface area contributed by atoms with Gasteiger partial charge in [0.2, 0.25) is 5.91 Å². The fourth-order valence-corrected chi connectivity index (χ4v) is 3.13. The number of anilines is 3. The zero-order valence-corrected chi connectivity index (χ0v) is 15.2. The number of benzene rings is 2. The molecule has 150 valence electrons. The molecule has 28 heavy (non-hydrogen) atoms. The van der Waals surface area contributed by atoms with Gasteiger partial charge in [0.05, 0.1) is 29.6 Å². The summed E-state index contributed by atoms with van der Waals surface area (Å²) < 4.78 is 37.8. The summed E-state index contributed by atoms with van der Waals surface area (Å²) in [6, 6.07) is 11.9. The van der Waals surface area contributed by atoms with Crippen LogP contribution in [0.4, 0.5) is 30.2 Å². The van der Waals surface area contributed by atoms with E-state index in [2.05, 4.69) is 15.5 Å². The number of hydrogen-bond donors (Lipinski definition) is 3. The highest BCUT2D eigenvalue weighted by Crippen LogP contribution is 2.30. The van der Waals surface area contributed by atoms with Gasteiger partial charge >= 0.3 is 6.18 Å². The van der Waals surface area contributed by atoms with Gasteiger partial charge < -0.3 is 20.6 Å². The Morgan fingerprint density at radius 1 is 1.07 bits per heavy atom. The molecule has 0 saturated carbocycles. The monoisotopic (exact) mass is 393 g/mol. The van der Waals surface area contributed by atoms with Gasteiger partial charge in [0, 0.05) is 18.8 Å². The molecule has 8 heteroatoms. The maximum Gasteiger partial charge on any atom is 0.416 e. The number of hydrogen-bond acceptors (Lipinski definition) is 4. The smallest absolute Gasteiger partial charge is 0.393 e. The number of rotatable bonds is 5. The normalized spacial score (nSPS) is 15.4. The lowest BCUT2D eigenvalue weighted by molar-refractivity contribution is -0.137. The van der Waals surface area contributed by atoms with Gasteiger partial charge in [-0.3, -0.25) is 4.79 Å². The summed E-state index contributed by atoms with van der Waals surface area (Å²) >= 11 is 0. The number of halogens is 3. The topological polar surface area (TPSA) is 64.6 Å². The number of piperidine rings is 1. The SMILES string of the molecule is O=C(CNc1ccccc1N1CCC(O)CC1)Nc1ccc(C(F)(F)F)cc1. The molecule has 1 aliphatic heterocycles. The second-order valence-electron chi connectivity index (χ2n) is 6.71. The number of aliphatic hydroxyl groups is 1. The van der Waals surface area contributed by atoms with Gasteiger partial charge in [-0.15, -0.1) is 0 Å². The van der Waals surface area contributed by atoms with Crippen LogP contribution >= 0.6 is 0 Å². The molecule has 2 aromatic rings. The molecular weight excluding hydrogens is 371 g/mol. The van der Waals surface area contributed by atoms with Crippen LogP contribution in [0.2, 0.25) is 0 Å². The lowest BCUT2D eigenvalue weighted by atomic mass is 10.1. The van der Waals surface area contributed by atoms with Crippen LogP contribution in [0.15, 0.2) is 48.5 Å². The first kappa shape index (κ1) is 20.0. The standard InChI is InChI=1S/C20H22F3N3O2/c21-20(22,23)14-5-7-15(8-6-14)25-19(28)13-24-17-3-1-2-4-18(17)26-11-9-16(27)10-12-26/h1-8,16,24,27H,9-13H2,(H,25,28). The number of carbonyl (C=O) groups excluding carboxylic acids is 1. The van der Waals surface area contributed by atoms with E-state index in [-0.39, 0.29) is 18.6 Å². The van der Waals surface area contributed by atoms with Crippen molar-refractivity contribution in [1.29, 1.82) is 0 Å². The van der Waals surface area contributed by atoms with Gasteiger partial charge in [-0.1, -0.05) is 12.1 Å². The summed E-state index contributed by atoms with van der Waals surface area (Å²) in [4.78, 5) is 14.3. The van der Waals surface area contributed by atoms with Gasteiger partial charge in [-0.25, -0.2) is 0 Å². The average Bonchev–Trinajstić information content (AvgIpc) is 2.67. The second kappa shape index (κ2) is 8.52. The Balaban J connectivity index is 1.58. The summed E-state index contributed by atoms with van der Waals surface area (Å²) in [5.41, 5.74) is 1.29. The van der Waals surface area contributed by atoms with Crippen LogP contribution in [-0.2, 0) is 11.0 Å². The number of para-hydroxylation sites is 2. The average molecular weight is 393 g/mol. The van der Waals surface area contributed by atoms with Crippen LogP contribution in [0.1, 0.15) is 18.4 Å². The molecule has 0 aliphatic carbocycles. The lowest BCUT2D eigenvalue weighted by Gasteiger charge is -2.32. The van der Waals surface area contributed by atoms with E-state index >= 15 is 0 Å². The third kappa shape index (κ3) is 5.16. The van der Waals surface area contributed by atoms with Crippen LogP contribution < -0.4 is 15.5 Å². The van der Waals surface area contributed by atoms with E-state index in [1.54, 1.807) is 0 Å². The molecule has 1 saturated heterocycles. The van der Waals surface area contributed by atoms with Gasteiger partial charge in [0.1, 0.15) is 0 Å². The summed E-state index contributed by atoms with van der Waals surface area (Å²) in [7, 11) is 0. The van der Waals surface area contributed by atoms with Crippen molar-refractivity contribution in [1.82, 2.24) is 0 Å². The first-order valence-electron chi connectivity index (χ1n) is 9.06. The van der Waals surface area contributed by atoms with Gasteiger partial charge in [0.15, 0.2) is 0 Å².